The third kappa shape index (κ3) is 2.55. The zero-order valence-corrected chi connectivity index (χ0v) is 8.89. The summed E-state index contributed by atoms with van der Waals surface area (Å²) in [6.07, 6.45) is 2.85. The molecule has 0 saturated carbocycles. The quantitative estimate of drug-likeness (QED) is 0.784. The molecule has 0 fully saturated rings. The van der Waals surface area contributed by atoms with Crippen molar-refractivity contribution in [1.29, 1.82) is 0 Å². The van der Waals surface area contributed by atoms with Crippen molar-refractivity contribution < 1.29 is 4.39 Å². The maximum Gasteiger partial charge on any atom is 0.123 e. The van der Waals surface area contributed by atoms with E-state index in [1.807, 2.05) is 6.07 Å². The van der Waals surface area contributed by atoms with E-state index in [9.17, 15) is 4.39 Å². The van der Waals surface area contributed by atoms with Crippen molar-refractivity contribution in [3.05, 3.63) is 35.1 Å². The zero-order chi connectivity index (χ0) is 10.6. The van der Waals surface area contributed by atoms with E-state index in [1.165, 1.54) is 6.07 Å². The molecule has 0 aromatic heterocycles. The lowest BCUT2D eigenvalue weighted by Gasteiger charge is -2.15. The van der Waals surface area contributed by atoms with Crippen LogP contribution in [0, 0.1) is 5.82 Å². The Morgan fingerprint density at radius 3 is 2.64 bits per heavy atom. The van der Waals surface area contributed by atoms with Crippen molar-refractivity contribution in [2.24, 2.45) is 5.73 Å². The first-order valence-corrected chi connectivity index (χ1v) is 5.23. The van der Waals surface area contributed by atoms with E-state index in [4.69, 9.17) is 5.73 Å². The summed E-state index contributed by atoms with van der Waals surface area (Å²) in [6.45, 7) is 4.15. The number of halogens is 1. The molecule has 2 N–H and O–H groups in total. The minimum Gasteiger partial charge on any atom is -0.324 e. The van der Waals surface area contributed by atoms with Crippen molar-refractivity contribution in [2.45, 2.75) is 39.2 Å². The monoisotopic (exact) mass is 195 g/mol. The summed E-state index contributed by atoms with van der Waals surface area (Å²) < 4.78 is 13.0. The van der Waals surface area contributed by atoms with E-state index in [0.29, 0.717) is 0 Å². The van der Waals surface area contributed by atoms with Crippen LogP contribution in [-0.4, -0.2) is 0 Å². The van der Waals surface area contributed by atoms with Crippen LogP contribution in [0.25, 0.3) is 0 Å². The Labute approximate surface area is 85.1 Å². The predicted molar refractivity (Wildman–Crippen MR) is 57.6 cm³/mol. The van der Waals surface area contributed by atoms with Crippen LogP contribution in [0.2, 0.25) is 0 Å². The molecule has 14 heavy (non-hydrogen) atoms. The fourth-order valence-corrected chi connectivity index (χ4v) is 1.70. The molecule has 1 atom stereocenters. The van der Waals surface area contributed by atoms with Crippen molar-refractivity contribution >= 4 is 0 Å². The topological polar surface area (TPSA) is 26.0 Å². The molecule has 0 heterocycles. The molecule has 1 rings (SSSR count). The van der Waals surface area contributed by atoms with Crippen LogP contribution in [0.15, 0.2) is 18.2 Å². The molecular weight excluding hydrogens is 177 g/mol. The van der Waals surface area contributed by atoms with Gasteiger partial charge in [0.05, 0.1) is 0 Å². The molecule has 0 bridgehead atoms. The van der Waals surface area contributed by atoms with Crippen LogP contribution in [0.4, 0.5) is 4.39 Å². The third-order valence-electron chi connectivity index (χ3n) is 2.49. The van der Waals surface area contributed by atoms with Gasteiger partial charge in [0.25, 0.3) is 0 Å². The van der Waals surface area contributed by atoms with Crippen LogP contribution in [0.1, 0.15) is 43.9 Å². The van der Waals surface area contributed by atoms with Gasteiger partial charge in [-0.25, -0.2) is 4.39 Å². The highest BCUT2D eigenvalue weighted by molar-refractivity contribution is 5.30. The minimum atomic E-state index is -0.191. The second kappa shape index (κ2) is 5.11. The van der Waals surface area contributed by atoms with Crippen molar-refractivity contribution in [1.82, 2.24) is 0 Å². The van der Waals surface area contributed by atoms with Gasteiger partial charge in [-0.1, -0.05) is 26.3 Å². The van der Waals surface area contributed by atoms with E-state index in [0.717, 1.165) is 30.4 Å². The van der Waals surface area contributed by atoms with Gasteiger partial charge in [0, 0.05) is 6.04 Å². The van der Waals surface area contributed by atoms with E-state index < -0.39 is 0 Å². The Balaban J connectivity index is 2.97. The van der Waals surface area contributed by atoms with Gasteiger partial charge >= 0.3 is 0 Å². The van der Waals surface area contributed by atoms with Gasteiger partial charge in [-0.3, -0.25) is 0 Å². The van der Waals surface area contributed by atoms with E-state index in [2.05, 4.69) is 13.8 Å². The van der Waals surface area contributed by atoms with E-state index in [-0.39, 0.29) is 11.9 Å². The molecule has 1 nitrogen and oxygen atoms in total. The van der Waals surface area contributed by atoms with Crippen LogP contribution < -0.4 is 5.73 Å². The molecular formula is C12H18FN. The summed E-state index contributed by atoms with van der Waals surface area (Å²) in [7, 11) is 0. The molecule has 0 amide bonds. The smallest absolute Gasteiger partial charge is 0.123 e. The molecule has 78 valence electrons. The molecule has 0 aliphatic rings. The lowest BCUT2D eigenvalue weighted by atomic mass is 9.96. The van der Waals surface area contributed by atoms with Crippen LogP contribution in [0.5, 0.6) is 0 Å². The van der Waals surface area contributed by atoms with Gasteiger partial charge in [0.1, 0.15) is 5.82 Å². The first-order valence-electron chi connectivity index (χ1n) is 5.23. The van der Waals surface area contributed by atoms with E-state index >= 15 is 0 Å². The predicted octanol–water partition coefficient (Wildman–Crippen LogP) is 3.19. The van der Waals surface area contributed by atoms with Gasteiger partial charge < -0.3 is 5.73 Å². The number of aryl methyl sites for hydroxylation is 1. The maximum atomic E-state index is 13.0. The third-order valence-corrected chi connectivity index (χ3v) is 2.49. The van der Waals surface area contributed by atoms with Gasteiger partial charge in [-0.2, -0.15) is 0 Å². The fourth-order valence-electron chi connectivity index (χ4n) is 1.70. The van der Waals surface area contributed by atoms with Gasteiger partial charge in [-0.15, -0.1) is 0 Å². The Morgan fingerprint density at radius 2 is 2.07 bits per heavy atom. The average molecular weight is 195 g/mol. The Morgan fingerprint density at radius 1 is 1.36 bits per heavy atom. The molecule has 0 spiro atoms. The Kier molecular flexibility index (Phi) is 4.08. The van der Waals surface area contributed by atoms with Gasteiger partial charge in [-0.05, 0) is 36.1 Å². The molecule has 0 saturated heterocycles. The van der Waals surface area contributed by atoms with Crippen LogP contribution in [0.3, 0.4) is 0 Å². The van der Waals surface area contributed by atoms with Gasteiger partial charge in [0.15, 0.2) is 0 Å². The maximum absolute atomic E-state index is 13.0. The summed E-state index contributed by atoms with van der Waals surface area (Å²) in [5.41, 5.74) is 8.11. The number of hydrogen-bond donors (Lipinski definition) is 1. The number of nitrogens with two attached hydrogens (primary N) is 1. The first kappa shape index (κ1) is 11.2. The normalized spacial score (nSPS) is 12.9. The second-order valence-corrected chi connectivity index (χ2v) is 3.59. The SMILES string of the molecule is CCC[C@@H](N)c1cc(F)ccc1CC. The summed E-state index contributed by atoms with van der Waals surface area (Å²) in [5, 5.41) is 0. The minimum absolute atomic E-state index is 0.0225. The largest absolute Gasteiger partial charge is 0.324 e. The van der Waals surface area contributed by atoms with Crippen molar-refractivity contribution in [2.75, 3.05) is 0 Å². The molecule has 0 aliphatic heterocycles. The summed E-state index contributed by atoms with van der Waals surface area (Å²) in [5.74, 6) is -0.191. The molecule has 1 aromatic carbocycles. The molecule has 0 unspecified atom stereocenters. The highest BCUT2D eigenvalue weighted by atomic mass is 19.1. The molecule has 0 radical (unpaired) electrons. The van der Waals surface area contributed by atoms with Crippen molar-refractivity contribution in [3.8, 4) is 0 Å². The van der Waals surface area contributed by atoms with E-state index in [1.54, 1.807) is 6.07 Å². The standard InChI is InChI=1S/C12H18FN/c1-3-5-12(14)11-8-10(13)7-6-9(11)4-2/h6-8,12H,3-5,14H2,1-2H3/t12-/m1/s1. The second-order valence-electron chi connectivity index (χ2n) is 3.59. The summed E-state index contributed by atoms with van der Waals surface area (Å²) in [4.78, 5) is 0. The zero-order valence-electron chi connectivity index (χ0n) is 8.89. The van der Waals surface area contributed by atoms with Crippen LogP contribution >= 0.6 is 0 Å². The Bertz CT molecular complexity index is 296. The van der Waals surface area contributed by atoms with Crippen LogP contribution in [-0.2, 0) is 6.42 Å². The summed E-state index contributed by atoms with van der Waals surface area (Å²) in [6, 6.07) is 4.88. The highest BCUT2D eigenvalue weighted by Gasteiger charge is 2.10. The van der Waals surface area contributed by atoms with Gasteiger partial charge in [0.2, 0.25) is 0 Å². The highest BCUT2D eigenvalue weighted by Crippen LogP contribution is 2.21. The number of benzene rings is 1. The number of hydrogen-bond acceptors (Lipinski definition) is 1. The fraction of sp³-hybridized carbons (Fsp3) is 0.500. The van der Waals surface area contributed by atoms with Crippen molar-refractivity contribution in [3.63, 3.8) is 0 Å². The first-order chi connectivity index (χ1) is 6.69. The Hall–Kier alpha value is -0.890. The molecule has 2 heteroatoms. The molecule has 0 aliphatic carbocycles. The molecule has 1 aromatic rings. The lowest BCUT2D eigenvalue weighted by molar-refractivity contribution is 0.601. The summed E-state index contributed by atoms with van der Waals surface area (Å²) >= 11 is 0. The average Bonchev–Trinajstić information content (AvgIpc) is 2.18. The number of rotatable bonds is 4. The lowest BCUT2D eigenvalue weighted by Crippen LogP contribution is -2.12.